The molecule has 0 spiro atoms. The molecule has 2 aromatic rings. The Balaban J connectivity index is 2.10. The largest absolute Gasteiger partial charge is 0.481 e. The normalized spacial score (nSPS) is 21.8. The predicted molar refractivity (Wildman–Crippen MR) is 82.2 cm³/mol. The Kier molecular flexibility index (Phi) is 3.56. The first kappa shape index (κ1) is 14.5. The minimum Gasteiger partial charge on any atom is -0.481 e. The third-order valence-corrected chi connectivity index (χ3v) is 4.19. The Morgan fingerprint density at radius 1 is 1.36 bits per heavy atom. The second kappa shape index (κ2) is 5.40. The van der Waals surface area contributed by atoms with Crippen LogP contribution in [0.1, 0.15) is 31.9 Å². The van der Waals surface area contributed by atoms with E-state index in [0.29, 0.717) is 0 Å². The van der Waals surface area contributed by atoms with Crippen molar-refractivity contribution >= 4 is 22.8 Å². The second-order valence-corrected chi connectivity index (χ2v) is 5.95. The predicted octanol–water partition coefficient (Wildman–Crippen LogP) is 2.62. The summed E-state index contributed by atoms with van der Waals surface area (Å²) < 4.78 is 0. The van der Waals surface area contributed by atoms with Gasteiger partial charge in [0.05, 0.1) is 17.5 Å². The molecule has 5 heteroatoms. The second-order valence-electron chi connectivity index (χ2n) is 5.95. The minimum absolute atomic E-state index is 0.0466. The lowest BCUT2D eigenvalue weighted by Crippen LogP contribution is -2.36. The van der Waals surface area contributed by atoms with E-state index < -0.39 is 17.9 Å². The Morgan fingerprint density at radius 3 is 2.77 bits per heavy atom. The van der Waals surface area contributed by atoms with Crippen molar-refractivity contribution in [3.63, 3.8) is 0 Å². The Morgan fingerprint density at radius 2 is 2.09 bits per heavy atom. The van der Waals surface area contributed by atoms with Crippen LogP contribution in [0.5, 0.6) is 0 Å². The van der Waals surface area contributed by atoms with E-state index in [1.807, 2.05) is 44.2 Å². The number of carboxylic acids is 1. The van der Waals surface area contributed by atoms with Crippen LogP contribution in [0.25, 0.3) is 10.9 Å². The number of carboxylic acid groups (broad SMARTS) is 1. The first-order valence-electron chi connectivity index (χ1n) is 7.37. The van der Waals surface area contributed by atoms with Gasteiger partial charge in [-0.05, 0) is 31.5 Å². The number of fused-ring (bicyclic) bond motifs is 1. The fraction of sp³-hybridized carbons (Fsp3) is 0.353. The van der Waals surface area contributed by atoms with E-state index in [9.17, 15) is 14.7 Å². The average Bonchev–Trinajstić information content (AvgIpc) is 2.84. The van der Waals surface area contributed by atoms with E-state index in [1.165, 1.54) is 0 Å². The number of rotatable bonds is 3. The zero-order chi connectivity index (χ0) is 15.9. The zero-order valence-electron chi connectivity index (χ0n) is 12.6. The summed E-state index contributed by atoms with van der Waals surface area (Å²) >= 11 is 0. The molecule has 0 bridgehead atoms. The zero-order valence-corrected chi connectivity index (χ0v) is 12.6. The van der Waals surface area contributed by atoms with Crippen LogP contribution >= 0.6 is 0 Å². The molecule has 1 aromatic heterocycles. The van der Waals surface area contributed by atoms with Gasteiger partial charge in [-0.15, -0.1) is 0 Å². The van der Waals surface area contributed by atoms with Crippen LogP contribution in [0.4, 0.5) is 0 Å². The maximum Gasteiger partial charge on any atom is 0.309 e. The highest BCUT2D eigenvalue weighted by atomic mass is 16.4. The molecule has 0 radical (unpaired) electrons. The maximum absolute atomic E-state index is 12.2. The molecule has 1 aliphatic rings. The Hall–Kier alpha value is -2.43. The molecular formula is C17H18N2O3. The van der Waals surface area contributed by atoms with Crippen molar-refractivity contribution in [3.8, 4) is 0 Å². The van der Waals surface area contributed by atoms with Gasteiger partial charge in [0.15, 0.2) is 0 Å². The van der Waals surface area contributed by atoms with Crippen molar-refractivity contribution < 1.29 is 14.7 Å². The maximum atomic E-state index is 12.2. The molecule has 1 saturated heterocycles. The van der Waals surface area contributed by atoms with Gasteiger partial charge in [-0.1, -0.05) is 18.2 Å². The van der Waals surface area contributed by atoms with Crippen molar-refractivity contribution in [2.45, 2.75) is 32.4 Å². The Labute approximate surface area is 128 Å². The van der Waals surface area contributed by atoms with Crippen molar-refractivity contribution in [2.24, 2.45) is 5.92 Å². The van der Waals surface area contributed by atoms with E-state index in [0.717, 1.165) is 16.5 Å². The molecule has 0 aliphatic carbocycles. The van der Waals surface area contributed by atoms with Crippen LogP contribution in [0.15, 0.2) is 36.5 Å². The van der Waals surface area contributed by atoms with E-state index in [-0.39, 0.29) is 18.4 Å². The number of hydrogen-bond donors (Lipinski definition) is 1. The molecule has 5 nitrogen and oxygen atoms in total. The highest BCUT2D eigenvalue weighted by molar-refractivity contribution is 5.88. The highest BCUT2D eigenvalue weighted by Crippen LogP contribution is 2.40. The monoisotopic (exact) mass is 298 g/mol. The molecule has 1 N–H and O–H groups in total. The quantitative estimate of drug-likeness (QED) is 0.945. The summed E-state index contributed by atoms with van der Waals surface area (Å²) in [5.41, 5.74) is 1.64. The number of hydrogen-bond acceptors (Lipinski definition) is 3. The summed E-state index contributed by atoms with van der Waals surface area (Å²) in [4.78, 5) is 29.9. The number of aromatic nitrogens is 1. The molecule has 1 amide bonds. The van der Waals surface area contributed by atoms with Crippen LogP contribution in [-0.2, 0) is 9.59 Å². The molecule has 0 saturated carbocycles. The molecular weight excluding hydrogens is 280 g/mol. The fourth-order valence-corrected chi connectivity index (χ4v) is 3.23. The number of nitrogens with zero attached hydrogens (tertiary/aromatic N) is 2. The summed E-state index contributed by atoms with van der Waals surface area (Å²) in [5.74, 6) is -1.77. The van der Waals surface area contributed by atoms with Crippen molar-refractivity contribution in [1.29, 1.82) is 0 Å². The molecule has 1 aromatic carbocycles. The molecule has 22 heavy (non-hydrogen) atoms. The molecule has 114 valence electrons. The molecule has 3 rings (SSSR count). The van der Waals surface area contributed by atoms with Crippen molar-refractivity contribution in [2.75, 3.05) is 0 Å². The summed E-state index contributed by atoms with van der Waals surface area (Å²) in [5, 5.41) is 10.4. The minimum atomic E-state index is -0.936. The van der Waals surface area contributed by atoms with E-state index >= 15 is 0 Å². The Bertz CT molecular complexity index is 742. The van der Waals surface area contributed by atoms with Gasteiger partial charge in [0, 0.05) is 24.0 Å². The molecule has 0 unspecified atom stereocenters. The van der Waals surface area contributed by atoms with Gasteiger partial charge in [-0.25, -0.2) is 0 Å². The van der Waals surface area contributed by atoms with Crippen LogP contribution < -0.4 is 0 Å². The molecule has 1 fully saturated rings. The summed E-state index contributed by atoms with van der Waals surface area (Å²) in [6.07, 6.45) is 1.74. The smallest absolute Gasteiger partial charge is 0.309 e. The number of likely N-dealkylation sites (tertiary alicyclic amines) is 1. The number of amides is 1. The van der Waals surface area contributed by atoms with Crippen LogP contribution in [0.2, 0.25) is 0 Å². The lowest BCUT2D eigenvalue weighted by molar-refractivity contribution is -0.142. The number of carbonyl (C=O) groups is 2. The number of carbonyl (C=O) groups excluding carboxylic acids is 1. The van der Waals surface area contributed by atoms with Gasteiger partial charge < -0.3 is 10.0 Å². The number of para-hydroxylation sites is 1. The summed E-state index contributed by atoms with van der Waals surface area (Å²) in [6, 6.07) is 9.12. The van der Waals surface area contributed by atoms with Crippen LogP contribution in [-0.4, -0.2) is 32.9 Å². The molecule has 2 heterocycles. The lowest BCUT2D eigenvalue weighted by atomic mass is 9.93. The van der Waals surface area contributed by atoms with Gasteiger partial charge in [0.25, 0.3) is 0 Å². The fourth-order valence-electron chi connectivity index (χ4n) is 3.23. The standard InChI is InChI=1S/C17H18N2O3/c1-10(2)19-15(20)8-13(17(21)22)16(19)12-7-11-5-3-4-6-14(11)18-9-12/h3-7,9-10,13,16H,8H2,1-2H3,(H,21,22)/t13-,16-/m0/s1. The highest BCUT2D eigenvalue weighted by Gasteiger charge is 2.45. The van der Waals surface area contributed by atoms with Gasteiger partial charge in [0.2, 0.25) is 5.91 Å². The van der Waals surface area contributed by atoms with Crippen LogP contribution in [0, 0.1) is 5.92 Å². The third kappa shape index (κ3) is 2.32. The summed E-state index contributed by atoms with van der Waals surface area (Å²) in [7, 11) is 0. The van der Waals surface area contributed by atoms with Crippen molar-refractivity contribution in [3.05, 3.63) is 42.1 Å². The first-order valence-corrected chi connectivity index (χ1v) is 7.37. The van der Waals surface area contributed by atoms with Gasteiger partial charge in [0.1, 0.15) is 0 Å². The van der Waals surface area contributed by atoms with Crippen molar-refractivity contribution in [1.82, 2.24) is 9.88 Å². The molecule has 2 atom stereocenters. The van der Waals surface area contributed by atoms with E-state index in [4.69, 9.17) is 0 Å². The van der Waals surface area contributed by atoms with E-state index in [2.05, 4.69) is 4.98 Å². The average molecular weight is 298 g/mol. The number of benzene rings is 1. The topological polar surface area (TPSA) is 70.5 Å². The third-order valence-electron chi connectivity index (χ3n) is 4.19. The summed E-state index contributed by atoms with van der Waals surface area (Å²) in [6.45, 7) is 3.81. The SMILES string of the molecule is CC(C)N1C(=O)C[C@H](C(=O)O)[C@@H]1c1cnc2ccccc2c1. The molecule has 1 aliphatic heterocycles. The van der Waals surface area contributed by atoms with Gasteiger partial charge in [-0.3, -0.25) is 14.6 Å². The van der Waals surface area contributed by atoms with Crippen LogP contribution in [0.3, 0.4) is 0 Å². The first-order chi connectivity index (χ1) is 10.5. The lowest BCUT2D eigenvalue weighted by Gasteiger charge is -2.30. The van der Waals surface area contributed by atoms with Gasteiger partial charge in [-0.2, -0.15) is 0 Å². The van der Waals surface area contributed by atoms with E-state index in [1.54, 1.807) is 11.1 Å². The number of pyridine rings is 1. The van der Waals surface area contributed by atoms with Gasteiger partial charge >= 0.3 is 5.97 Å². The number of aliphatic carboxylic acids is 1.